The largest absolute Gasteiger partial charge is 0.320 e. The van der Waals surface area contributed by atoms with Crippen LogP contribution >= 0.6 is 11.3 Å². The Morgan fingerprint density at radius 1 is 1.22 bits per heavy atom. The zero-order valence-corrected chi connectivity index (χ0v) is 17.0. The Morgan fingerprint density at radius 2 is 2.04 bits per heavy atom. The molecule has 0 unspecified atom stereocenters. The fourth-order valence-corrected chi connectivity index (χ4v) is 5.17. The van der Waals surface area contributed by atoms with Crippen LogP contribution in [0.3, 0.4) is 0 Å². The molecule has 0 saturated heterocycles. The van der Waals surface area contributed by atoms with Gasteiger partial charge in [-0.2, -0.15) is 0 Å². The maximum absolute atomic E-state index is 11.9. The van der Waals surface area contributed by atoms with Crippen LogP contribution in [0.1, 0.15) is 11.3 Å². The van der Waals surface area contributed by atoms with Gasteiger partial charge in [-0.1, -0.05) is 12.1 Å². The third kappa shape index (κ3) is 3.42. The third-order valence-electron chi connectivity index (χ3n) is 4.64. The van der Waals surface area contributed by atoms with E-state index in [1.807, 2.05) is 48.9 Å². The maximum atomic E-state index is 11.9. The molecule has 6 nitrogen and oxygen atoms in total. The number of aromatic nitrogens is 2. The lowest BCUT2D eigenvalue weighted by molar-refractivity contribution is 0.598. The number of nitrogens with zero attached hydrogens (tertiary/aromatic N) is 4. The van der Waals surface area contributed by atoms with Crippen molar-refractivity contribution in [3.8, 4) is 11.3 Å². The van der Waals surface area contributed by atoms with Gasteiger partial charge in [0.1, 0.15) is 0 Å². The van der Waals surface area contributed by atoms with Crippen LogP contribution in [0, 0.1) is 6.92 Å². The molecule has 140 valence electrons. The first-order chi connectivity index (χ1) is 12.8. The van der Waals surface area contributed by atoms with E-state index >= 15 is 0 Å². The van der Waals surface area contributed by atoms with Gasteiger partial charge in [-0.05, 0) is 48.7 Å². The third-order valence-corrected chi connectivity index (χ3v) is 6.73. The monoisotopic (exact) mass is 400 g/mol. The molecule has 0 spiro atoms. The van der Waals surface area contributed by atoms with Crippen molar-refractivity contribution in [2.45, 2.75) is 13.3 Å². The molecule has 0 atom stereocenters. The molecule has 0 saturated carbocycles. The maximum Gasteiger partial charge on any atom is 0.232 e. The van der Waals surface area contributed by atoms with Gasteiger partial charge in [0.25, 0.3) is 0 Å². The van der Waals surface area contributed by atoms with E-state index in [0.717, 1.165) is 39.4 Å². The van der Waals surface area contributed by atoms with Crippen LogP contribution in [0.25, 0.3) is 11.3 Å². The molecule has 2 aromatic heterocycles. The predicted molar refractivity (Wildman–Crippen MR) is 109 cm³/mol. The molecule has 3 aromatic rings. The van der Waals surface area contributed by atoms with E-state index in [1.54, 1.807) is 11.3 Å². The van der Waals surface area contributed by atoms with Crippen LogP contribution in [0.4, 0.5) is 11.5 Å². The van der Waals surface area contributed by atoms with Crippen molar-refractivity contribution in [1.29, 1.82) is 0 Å². The Balaban J connectivity index is 1.73. The molecule has 3 heterocycles. The van der Waals surface area contributed by atoms with Crippen molar-refractivity contribution < 1.29 is 8.42 Å². The predicted octanol–water partition coefficient (Wildman–Crippen LogP) is 3.01. The molecule has 0 aliphatic carbocycles. The summed E-state index contributed by atoms with van der Waals surface area (Å²) >= 11 is 1.56. The first-order valence-corrected chi connectivity index (χ1v) is 11.3. The number of sulfonamides is 1. The molecule has 8 heteroatoms. The molecule has 0 bridgehead atoms. The van der Waals surface area contributed by atoms with Crippen LogP contribution in [-0.2, 0) is 23.5 Å². The van der Waals surface area contributed by atoms with Gasteiger partial charge in [-0.25, -0.2) is 18.4 Å². The summed E-state index contributed by atoms with van der Waals surface area (Å²) in [6, 6.07) is 11.7. The van der Waals surface area contributed by atoms with Crippen LogP contribution < -0.4 is 9.11 Å². The second-order valence-electron chi connectivity index (χ2n) is 6.64. The van der Waals surface area contributed by atoms with Crippen molar-refractivity contribution in [3.05, 3.63) is 57.8 Å². The highest BCUT2D eigenvalue weighted by molar-refractivity contribution is 7.92. The van der Waals surface area contributed by atoms with Gasteiger partial charge in [0.05, 0.1) is 17.6 Å². The van der Waals surface area contributed by atoms with Crippen molar-refractivity contribution in [2.24, 2.45) is 12.0 Å². The Kier molecular flexibility index (Phi) is 4.39. The number of thiazole rings is 1. The summed E-state index contributed by atoms with van der Waals surface area (Å²) in [5, 5.41) is 2.07. The zero-order chi connectivity index (χ0) is 19.2. The minimum atomic E-state index is -3.23. The summed E-state index contributed by atoms with van der Waals surface area (Å²) in [4.78, 5) is 9.94. The van der Waals surface area contributed by atoms with Crippen molar-refractivity contribution in [3.63, 3.8) is 0 Å². The van der Waals surface area contributed by atoms with Crippen LogP contribution in [0.15, 0.2) is 46.8 Å². The van der Waals surface area contributed by atoms with Crippen LogP contribution in [-0.4, -0.2) is 30.8 Å². The van der Waals surface area contributed by atoms with Gasteiger partial charge >= 0.3 is 0 Å². The average molecular weight is 401 g/mol. The molecule has 1 aliphatic heterocycles. The molecule has 0 fully saturated rings. The fourth-order valence-electron chi connectivity index (χ4n) is 3.30. The quantitative estimate of drug-likeness (QED) is 0.679. The van der Waals surface area contributed by atoms with E-state index in [0.29, 0.717) is 12.4 Å². The van der Waals surface area contributed by atoms with Crippen molar-refractivity contribution in [1.82, 2.24) is 9.55 Å². The number of hydrogen-bond donors (Lipinski definition) is 0. The van der Waals surface area contributed by atoms with E-state index in [-0.39, 0.29) is 0 Å². The van der Waals surface area contributed by atoms with Crippen LogP contribution in [0.2, 0.25) is 0 Å². The van der Waals surface area contributed by atoms with Crippen LogP contribution in [0.5, 0.6) is 0 Å². The molecular weight excluding hydrogens is 380 g/mol. The number of aryl methyl sites for hydroxylation is 1. The second-order valence-corrected chi connectivity index (χ2v) is 9.38. The lowest BCUT2D eigenvalue weighted by Crippen LogP contribution is -2.27. The van der Waals surface area contributed by atoms with E-state index in [1.165, 1.54) is 10.6 Å². The van der Waals surface area contributed by atoms with Gasteiger partial charge < -0.3 is 4.57 Å². The molecule has 1 aliphatic rings. The van der Waals surface area contributed by atoms with E-state index in [9.17, 15) is 8.42 Å². The summed E-state index contributed by atoms with van der Waals surface area (Å²) in [5.41, 5.74) is 4.88. The van der Waals surface area contributed by atoms with Gasteiger partial charge in [-0.15, -0.1) is 11.3 Å². The van der Waals surface area contributed by atoms with Gasteiger partial charge in [0.15, 0.2) is 10.6 Å². The Hall–Kier alpha value is -2.45. The number of hydrogen-bond acceptors (Lipinski definition) is 5. The highest BCUT2D eigenvalue weighted by Gasteiger charge is 2.26. The fraction of sp³-hybridized carbons (Fsp3) is 0.263. The molecule has 0 N–H and O–H groups in total. The normalized spacial score (nSPS) is 14.6. The molecule has 27 heavy (non-hydrogen) atoms. The molecule has 0 amide bonds. The molecular formula is C19H20N4O2S2. The summed E-state index contributed by atoms with van der Waals surface area (Å²) in [7, 11) is -1.24. The summed E-state index contributed by atoms with van der Waals surface area (Å²) in [6.45, 7) is 2.45. The number of benzene rings is 1. The summed E-state index contributed by atoms with van der Waals surface area (Å²) in [6.07, 6.45) is 1.98. The summed E-state index contributed by atoms with van der Waals surface area (Å²) in [5.74, 6) is 0.691. The van der Waals surface area contributed by atoms with Gasteiger partial charge in [0.2, 0.25) is 10.0 Å². The topological polar surface area (TPSA) is 67.6 Å². The van der Waals surface area contributed by atoms with Crippen molar-refractivity contribution >= 4 is 32.9 Å². The number of anilines is 1. The Labute approximate surface area is 162 Å². The second kappa shape index (κ2) is 6.61. The number of fused-ring (bicyclic) bond motifs is 1. The average Bonchev–Trinajstić information content (AvgIpc) is 3.18. The first kappa shape index (κ1) is 17.9. The molecule has 1 aromatic carbocycles. The zero-order valence-electron chi connectivity index (χ0n) is 15.4. The number of pyridine rings is 1. The highest BCUT2D eigenvalue weighted by Crippen LogP contribution is 2.33. The number of rotatable bonds is 3. The standard InChI is InChI=1S/C19H20N4O2S2/c1-13-5-4-6-18(20-13)21-19-22(2)17(12-26-19)14-7-8-16-15(11-14)9-10-23(16)27(3,24)25/h4-8,11-12H,9-10H2,1-3H3/b21-19-. The molecule has 0 radical (unpaired) electrons. The summed E-state index contributed by atoms with van der Waals surface area (Å²) < 4.78 is 27.3. The van der Waals surface area contributed by atoms with E-state index in [2.05, 4.69) is 21.4 Å². The van der Waals surface area contributed by atoms with E-state index in [4.69, 9.17) is 0 Å². The minimum absolute atomic E-state index is 0.507. The van der Waals surface area contributed by atoms with Crippen molar-refractivity contribution in [2.75, 3.05) is 17.1 Å². The smallest absolute Gasteiger partial charge is 0.232 e. The highest BCUT2D eigenvalue weighted by atomic mass is 32.2. The SMILES string of the molecule is Cc1cccc(/N=c2\scc(-c3ccc4c(c3)CCN4S(C)(=O)=O)n2C)n1. The van der Waals surface area contributed by atoms with E-state index < -0.39 is 10.0 Å². The van der Waals surface area contributed by atoms with Gasteiger partial charge in [-0.3, -0.25) is 4.31 Å². The molecule has 4 rings (SSSR count). The lowest BCUT2D eigenvalue weighted by atomic mass is 10.1. The first-order valence-electron chi connectivity index (χ1n) is 8.57. The lowest BCUT2D eigenvalue weighted by Gasteiger charge is -2.16. The Bertz CT molecular complexity index is 1190. The van der Waals surface area contributed by atoms with Gasteiger partial charge in [0, 0.05) is 24.7 Å². The minimum Gasteiger partial charge on any atom is -0.320 e. The Morgan fingerprint density at radius 3 is 2.78 bits per heavy atom.